The summed E-state index contributed by atoms with van der Waals surface area (Å²) in [6.45, 7) is -15.3. The van der Waals surface area contributed by atoms with Crippen LogP contribution in [0.25, 0.3) is 0 Å². The fourth-order valence-electron chi connectivity index (χ4n) is 10.5. The van der Waals surface area contributed by atoms with Gasteiger partial charge >= 0.3 is 41.8 Å². The van der Waals surface area contributed by atoms with E-state index in [1.807, 2.05) is 58.5 Å². The first kappa shape index (κ1) is 121. The van der Waals surface area contributed by atoms with Crippen molar-refractivity contribution in [2.45, 2.75) is 160 Å². The number of carboxylic acid groups (broad SMARTS) is 7. The van der Waals surface area contributed by atoms with Crippen molar-refractivity contribution in [3.63, 3.8) is 0 Å². The Hall–Kier alpha value is -16.3. The molecule has 0 aliphatic heterocycles. The highest BCUT2D eigenvalue weighted by Gasteiger charge is 2.41. The Morgan fingerprint density at radius 2 is 0.307 bits per heavy atom. The van der Waals surface area contributed by atoms with Crippen LogP contribution in [0.15, 0.2) is 0 Å². The Morgan fingerprint density at radius 3 is 0.467 bits per heavy atom. The molecule has 0 heterocycles. The van der Waals surface area contributed by atoms with Gasteiger partial charge in [0.05, 0.1) is 137 Å². The van der Waals surface area contributed by atoms with Crippen molar-refractivity contribution in [2.24, 2.45) is 22.9 Å². The van der Waals surface area contributed by atoms with E-state index in [0.717, 1.165) is 0 Å². The Bertz CT molecular complexity index is 4480. The van der Waals surface area contributed by atoms with Crippen LogP contribution in [0.2, 0.25) is 0 Å². The monoisotopic (exact) mass is 1970 g/mol. The van der Waals surface area contributed by atoms with Gasteiger partial charge in [-0.2, -0.15) is 0 Å². The predicted molar refractivity (Wildman–Crippen MR) is 430 cm³/mol. The number of amides is 23. The van der Waals surface area contributed by atoms with Crippen molar-refractivity contribution in [1.29, 1.82) is 0 Å². The van der Waals surface area contributed by atoms with E-state index in [0.29, 0.717) is 0 Å². The zero-order valence-corrected chi connectivity index (χ0v) is 70.9. The third-order valence-electron chi connectivity index (χ3n) is 17.2. The second kappa shape index (κ2) is 61.5. The fourth-order valence-corrected chi connectivity index (χ4v) is 10.5. The third-order valence-corrected chi connectivity index (χ3v) is 17.2. The fraction of sp³-hybridized carbons (Fsp3) is 0.559. The van der Waals surface area contributed by atoms with E-state index in [4.69, 9.17) is 33.1 Å². The summed E-state index contributed by atoms with van der Waals surface area (Å²) in [5.74, 6) is -48.3. The average Bonchev–Trinajstić information content (AvgIpc) is 0.853. The van der Waals surface area contributed by atoms with Crippen LogP contribution in [0, 0.1) is 0 Å². The van der Waals surface area contributed by atoms with Gasteiger partial charge in [-0.3, -0.25) is 139 Å². The first-order chi connectivity index (χ1) is 64.0. The van der Waals surface area contributed by atoms with Gasteiger partial charge in [0, 0.05) is 0 Å². The quantitative estimate of drug-likeness (QED) is 0.0269. The van der Waals surface area contributed by atoms with Crippen LogP contribution in [0.5, 0.6) is 0 Å². The van der Waals surface area contributed by atoms with Gasteiger partial charge in [-0.1, -0.05) is 0 Å². The lowest BCUT2D eigenvalue weighted by Crippen LogP contribution is -2.62. The molecule has 0 bridgehead atoms. The molecule has 764 valence electrons. The van der Waals surface area contributed by atoms with Crippen molar-refractivity contribution < 1.29 is 220 Å². The molecule has 17 atom stereocenters. The summed E-state index contributed by atoms with van der Waals surface area (Å²) in [4.78, 5) is 382. The van der Waals surface area contributed by atoms with Crippen molar-refractivity contribution >= 4 is 178 Å². The van der Waals surface area contributed by atoms with E-state index >= 15 is 0 Å². The molecule has 0 spiro atoms. The molecule has 0 fully saturated rings. The van der Waals surface area contributed by atoms with Gasteiger partial charge in [-0.25, -0.2) is 4.79 Å². The number of rotatable bonds is 67. The summed E-state index contributed by atoms with van der Waals surface area (Å²) in [6, 6.07) is -38.1. The average molecular weight is 1980 g/mol. The molecule has 69 heteroatoms. The second-order valence-corrected chi connectivity index (χ2v) is 28.0. The van der Waals surface area contributed by atoms with Crippen molar-refractivity contribution in [1.82, 2.24) is 106 Å². The van der Waals surface area contributed by atoms with Gasteiger partial charge in [-0.15, -0.1) is 0 Å². The molecule has 0 aliphatic carbocycles. The lowest BCUT2D eigenvalue weighted by atomic mass is 10.1. The summed E-state index contributed by atoms with van der Waals surface area (Å²) in [6.07, 6.45) is -12.1. The number of carboxylic acids is 7. The highest BCUT2D eigenvalue weighted by Crippen LogP contribution is 2.09. The number of aliphatic hydroxyl groups is 8. The van der Waals surface area contributed by atoms with Crippen LogP contribution in [0.4, 0.5) is 0 Å². The molecular formula is C68H102N24O45. The molecule has 0 aliphatic rings. The summed E-state index contributed by atoms with van der Waals surface area (Å²) < 4.78 is 0. The zero-order valence-electron chi connectivity index (χ0n) is 70.9. The number of hydrogen-bond acceptors (Lipinski definition) is 39. The van der Waals surface area contributed by atoms with Crippen LogP contribution in [-0.2, 0) is 144 Å². The molecule has 0 aromatic carbocycles. The smallest absolute Gasteiger partial charge is 0.328 e. The minimum absolute atomic E-state index is 0.704. The second-order valence-electron chi connectivity index (χ2n) is 28.0. The maximum Gasteiger partial charge on any atom is 0.328 e. The van der Waals surface area contributed by atoms with Crippen LogP contribution in [-0.4, -0.2) is 436 Å². The summed E-state index contributed by atoms with van der Waals surface area (Å²) in [5, 5.41) is 182. The van der Waals surface area contributed by atoms with Gasteiger partial charge in [0.1, 0.15) is 103 Å². The lowest BCUT2D eigenvalue weighted by Gasteiger charge is -2.26. The molecule has 0 aromatic rings. The van der Waals surface area contributed by atoms with Gasteiger partial charge in [0.25, 0.3) is 0 Å². The number of carbonyl (C=O) groups excluding carboxylic acids is 23. The first-order valence-corrected chi connectivity index (χ1v) is 38.9. The van der Waals surface area contributed by atoms with Crippen LogP contribution < -0.4 is 129 Å². The standard InChI is InChI=1S/C68H102N24O45/c69-10-42(104)76-32(15-94)62(130)86-28(7-49(114)115)59(127)89-36(19-98)66(134)82-24(3-41(72)103)57(125)85-27(6-48(112)113)58(126)92-37(20-99)67(135)88-30(9-51(118)119)61(129)91-35(18-97)65(133)81-22(1-39(70)101)55(123)83-25(4-46(108)109)52(120)73-11-43(105)77-31(14-93)54(122)75-12-44(106)78-33(16-95)63(131)87-29(8-50(116)117)60(128)90-34(17-96)64(132)80-23(2-40(71)102)56(124)84-26(5-47(110)111)53(121)74-13-45(107)79-38(21-100)68(136)137/h22-38,93-100H,1-21,69H2,(H2,70,101)(H2,71,102)(H2,72,103)(H,73,120)(H,74,121)(H,75,122)(H,76,104)(H,77,105)(H,78,106)(H,79,107)(H,80,132)(H,81,133)(H,82,134)(H,83,123)(H,84,124)(H,85,125)(H,86,130)(H,87,131)(H,88,135)(H,89,127)(H,90,128)(H,91,129)(H,92,126)(H,108,109)(H,110,111)(H,112,113)(H,114,115)(H,116,117)(H,118,119)(H,136,137)/t22-,23-,24-,25-,26-,27-,28-,29-,30-,31-,32-,33-,34-,35-,36-,37-,38-/m0/s1. The minimum atomic E-state index is -2.47. The minimum Gasteiger partial charge on any atom is -0.481 e. The molecule has 0 unspecified atom stereocenters. The Labute approximate surface area is 764 Å². The number of carbonyl (C=O) groups is 30. The van der Waals surface area contributed by atoms with Gasteiger partial charge < -0.3 is 206 Å². The molecule has 0 rings (SSSR count). The van der Waals surface area contributed by atoms with Gasteiger partial charge in [0.15, 0.2) is 0 Å². The molecule has 0 saturated heterocycles. The SMILES string of the molecule is NCC(=O)N[C@@H](CO)C(=O)N[C@@H](CC(=O)O)C(=O)N[C@@H](CO)C(=O)N[C@@H](CC(N)=O)C(=O)N[C@@H](CC(=O)O)C(=O)N[C@@H](CO)C(=O)N[C@@H](CC(=O)O)C(=O)N[C@@H](CO)C(=O)N[C@@H](CC(N)=O)C(=O)N[C@@H](CC(=O)O)C(=O)NCC(=O)N[C@@H](CO)C(=O)NCC(=O)N[C@@H](CO)C(=O)N[C@@H](CC(=O)O)C(=O)N[C@@H](CO)C(=O)N[C@@H](CC(N)=O)C(=O)N[C@@H](CC(=O)O)C(=O)NCC(=O)N[C@@H](CO)C(=O)O. The molecule has 69 nitrogen and oxygen atoms in total. The normalized spacial score (nSPS) is 14.4. The summed E-state index contributed by atoms with van der Waals surface area (Å²) in [5.41, 5.74) is 20.8. The van der Waals surface area contributed by atoms with Crippen LogP contribution in [0.1, 0.15) is 57.8 Å². The van der Waals surface area contributed by atoms with E-state index in [-0.39, 0.29) is 0 Å². The zero-order chi connectivity index (χ0) is 105. The molecule has 23 amide bonds. The number of aliphatic carboxylic acids is 7. The predicted octanol–water partition coefficient (Wildman–Crippen LogP) is -27.0. The topological polar surface area (TPSA) is 1160 Å². The summed E-state index contributed by atoms with van der Waals surface area (Å²) in [7, 11) is 0. The summed E-state index contributed by atoms with van der Waals surface area (Å²) >= 11 is 0. The lowest BCUT2D eigenvalue weighted by molar-refractivity contribution is -0.143. The van der Waals surface area contributed by atoms with E-state index in [2.05, 4.69) is 0 Å². The molecule has 43 N–H and O–H groups in total. The number of nitrogens with two attached hydrogens (primary N) is 4. The van der Waals surface area contributed by atoms with Gasteiger partial charge in [0.2, 0.25) is 136 Å². The Kier molecular flexibility index (Phi) is 54.2. The molecule has 0 radical (unpaired) electrons. The van der Waals surface area contributed by atoms with Crippen LogP contribution in [0.3, 0.4) is 0 Å². The largest absolute Gasteiger partial charge is 0.481 e. The number of primary amides is 3. The highest BCUT2D eigenvalue weighted by atomic mass is 16.4. The molecule has 0 aromatic heterocycles. The molecular weight excluding hydrogens is 1870 g/mol. The van der Waals surface area contributed by atoms with Gasteiger partial charge in [-0.05, 0) is 0 Å². The first-order valence-electron chi connectivity index (χ1n) is 38.9. The van der Waals surface area contributed by atoms with E-state index < -0.39 is 417 Å². The van der Waals surface area contributed by atoms with Crippen molar-refractivity contribution in [2.75, 3.05) is 79.0 Å². The Morgan fingerprint density at radius 1 is 0.175 bits per heavy atom. The maximum atomic E-state index is 13.6. The highest BCUT2D eigenvalue weighted by molar-refractivity contribution is 6.05. The third kappa shape index (κ3) is 46.6. The van der Waals surface area contributed by atoms with Crippen LogP contribution >= 0.6 is 0 Å². The van der Waals surface area contributed by atoms with E-state index in [1.165, 1.54) is 0 Å². The van der Waals surface area contributed by atoms with Crippen molar-refractivity contribution in [3.05, 3.63) is 0 Å². The van der Waals surface area contributed by atoms with E-state index in [1.54, 1.807) is 47.9 Å². The molecule has 137 heavy (non-hydrogen) atoms. The number of aliphatic hydroxyl groups excluding tert-OH is 8. The number of hydrogen-bond donors (Lipinski definition) is 39. The Balaban J connectivity index is 6.38. The number of nitrogens with one attached hydrogen (secondary N) is 20. The molecule has 0 saturated carbocycles. The van der Waals surface area contributed by atoms with Crippen molar-refractivity contribution in [3.8, 4) is 0 Å². The van der Waals surface area contributed by atoms with E-state index in [9.17, 15) is 210 Å². The maximum absolute atomic E-state index is 13.6.